The van der Waals surface area contributed by atoms with Gasteiger partial charge in [-0.15, -0.1) is 0 Å². The fourth-order valence-corrected chi connectivity index (χ4v) is 8.02. The Kier molecular flexibility index (Phi) is 17.0. The summed E-state index contributed by atoms with van der Waals surface area (Å²) in [6, 6.07) is 0. The van der Waals surface area contributed by atoms with Crippen molar-refractivity contribution in [3.05, 3.63) is 11.1 Å². The van der Waals surface area contributed by atoms with Gasteiger partial charge in [-0.2, -0.15) is 0 Å². The highest BCUT2D eigenvalue weighted by Gasteiger charge is 2.48. The SMILES string of the molecule is CO[C@@H]([C@H](O)CC(=O)[C@@H](C)[C@@H](O)CC[C@@H](C)C1O[C@]2(CC[C@@H](C)C(CC[C@H](C)C(C)=O)O2)CC[C@@H]1C)[C@H](OC(=O)C[C@@H](O)C1=C(C)C(=O)OC1=O)C(C)C. The molecule has 0 aromatic rings. The highest BCUT2D eigenvalue weighted by molar-refractivity contribution is 6.12. The van der Waals surface area contributed by atoms with Gasteiger partial charge in [-0.3, -0.25) is 14.4 Å². The normalized spacial score (nSPS) is 29.3. The summed E-state index contributed by atoms with van der Waals surface area (Å²) in [7, 11) is 1.32. The van der Waals surface area contributed by atoms with Crippen molar-refractivity contribution in [2.24, 2.45) is 35.5 Å². The summed E-state index contributed by atoms with van der Waals surface area (Å²) in [5.41, 5.74) is -0.403. The molecule has 0 radical (unpaired) electrons. The molecule has 2 unspecified atom stereocenters. The fourth-order valence-electron chi connectivity index (χ4n) is 8.02. The van der Waals surface area contributed by atoms with Crippen LogP contribution in [0.5, 0.6) is 0 Å². The molecule has 0 amide bonds. The van der Waals surface area contributed by atoms with Crippen molar-refractivity contribution < 1.29 is 63.0 Å². The van der Waals surface area contributed by atoms with Crippen LogP contribution in [0.15, 0.2) is 11.1 Å². The van der Waals surface area contributed by atoms with E-state index in [1.165, 1.54) is 14.0 Å². The van der Waals surface area contributed by atoms with Crippen molar-refractivity contribution in [3.63, 3.8) is 0 Å². The molecule has 2 fully saturated rings. The molecule has 0 bridgehead atoms. The molecule has 3 rings (SSSR count). The average Bonchev–Trinajstić information content (AvgIpc) is 3.37. The maximum absolute atomic E-state index is 13.3. The van der Waals surface area contributed by atoms with E-state index in [4.69, 9.17) is 18.9 Å². The van der Waals surface area contributed by atoms with E-state index in [9.17, 15) is 39.3 Å². The smallest absolute Gasteiger partial charge is 0.345 e. The lowest BCUT2D eigenvalue weighted by molar-refractivity contribution is -0.338. The van der Waals surface area contributed by atoms with Gasteiger partial charge < -0.3 is 39.0 Å². The van der Waals surface area contributed by atoms with Gasteiger partial charge in [-0.05, 0) is 76.0 Å². The number of carbonyl (C=O) groups excluding carboxylic acids is 5. The third-order valence-corrected chi connectivity index (χ3v) is 12.1. The van der Waals surface area contributed by atoms with Crippen molar-refractivity contribution in [1.82, 2.24) is 0 Å². The molecule has 0 saturated carbocycles. The zero-order valence-electron chi connectivity index (χ0n) is 34.0. The highest BCUT2D eigenvalue weighted by Crippen LogP contribution is 2.45. The lowest BCUT2D eigenvalue weighted by Crippen LogP contribution is -2.53. The Balaban J connectivity index is 1.54. The molecule has 1 spiro atoms. The quantitative estimate of drug-likeness (QED) is 0.113. The number of cyclic esters (lactones) is 2. The number of hydrogen-bond donors (Lipinski definition) is 3. The summed E-state index contributed by atoms with van der Waals surface area (Å²) in [4.78, 5) is 61.6. The van der Waals surface area contributed by atoms with Crippen molar-refractivity contribution >= 4 is 29.5 Å². The summed E-state index contributed by atoms with van der Waals surface area (Å²) in [5.74, 6) is -4.07. The number of esters is 3. The second-order valence-corrected chi connectivity index (χ2v) is 16.8. The largest absolute Gasteiger partial charge is 0.459 e. The Hall–Kier alpha value is -2.55. The molecular weight excluding hydrogens is 700 g/mol. The van der Waals surface area contributed by atoms with Gasteiger partial charge in [-0.25, -0.2) is 9.59 Å². The van der Waals surface area contributed by atoms with E-state index in [-0.39, 0.29) is 65.0 Å². The molecule has 0 aromatic carbocycles. The van der Waals surface area contributed by atoms with Crippen LogP contribution in [0.3, 0.4) is 0 Å². The van der Waals surface area contributed by atoms with Gasteiger partial charge in [0.2, 0.25) is 0 Å². The number of carbonyl (C=O) groups is 5. The van der Waals surface area contributed by atoms with Crippen LogP contribution >= 0.6 is 0 Å². The molecule has 3 aliphatic heterocycles. The number of methoxy groups -OCH3 is 1. The molecule has 13 nitrogen and oxygen atoms in total. The number of rotatable bonds is 20. The van der Waals surface area contributed by atoms with E-state index in [2.05, 4.69) is 25.5 Å². The minimum Gasteiger partial charge on any atom is -0.459 e. The van der Waals surface area contributed by atoms with E-state index >= 15 is 0 Å². The molecule has 3 N–H and O–H groups in total. The summed E-state index contributed by atoms with van der Waals surface area (Å²) in [6.07, 6.45) is -1.03. The van der Waals surface area contributed by atoms with E-state index in [0.717, 1.165) is 38.5 Å². The van der Waals surface area contributed by atoms with Crippen molar-refractivity contribution in [3.8, 4) is 0 Å². The maximum Gasteiger partial charge on any atom is 0.345 e. The van der Waals surface area contributed by atoms with Gasteiger partial charge in [0.05, 0.1) is 42.5 Å². The van der Waals surface area contributed by atoms with Crippen LogP contribution in [-0.2, 0) is 47.7 Å². The molecular formula is C41H66O13. The first kappa shape index (κ1) is 45.8. The Morgan fingerprint density at radius 3 is 2.04 bits per heavy atom. The summed E-state index contributed by atoms with van der Waals surface area (Å²) < 4.78 is 29.1. The predicted molar refractivity (Wildman–Crippen MR) is 197 cm³/mol. The molecule has 3 heterocycles. The molecule has 2 saturated heterocycles. The zero-order chi connectivity index (χ0) is 40.7. The summed E-state index contributed by atoms with van der Waals surface area (Å²) in [6.45, 7) is 16.5. The number of ketones is 2. The van der Waals surface area contributed by atoms with Crippen LogP contribution in [0.1, 0.15) is 127 Å². The molecule has 3 aliphatic rings. The van der Waals surface area contributed by atoms with Gasteiger partial charge in [0, 0.05) is 43.8 Å². The molecule has 308 valence electrons. The Bertz CT molecular complexity index is 1350. The lowest BCUT2D eigenvalue weighted by atomic mass is 9.79. The maximum atomic E-state index is 13.3. The van der Waals surface area contributed by atoms with Gasteiger partial charge >= 0.3 is 17.9 Å². The van der Waals surface area contributed by atoms with Crippen molar-refractivity contribution in [2.75, 3.05) is 7.11 Å². The minimum absolute atomic E-state index is 0.00210. The third kappa shape index (κ3) is 11.7. The zero-order valence-corrected chi connectivity index (χ0v) is 34.0. The summed E-state index contributed by atoms with van der Waals surface area (Å²) in [5, 5.41) is 32.7. The van der Waals surface area contributed by atoms with Crippen LogP contribution < -0.4 is 0 Å². The Labute approximate surface area is 320 Å². The Morgan fingerprint density at radius 2 is 1.48 bits per heavy atom. The van der Waals surface area contributed by atoms with Crippen LogP contribution in [0.25, 0.3) is 0 Å². The van der Waals surface area contributed by atoms with Gasteiger partial charge in [0.1, 0.15) is 23.8 Å². The van der Waals surface area contributed by atoms with E-state index < -0.39 is 66.6 Å². The van der Waals surface area contributed by atoms with E-state index in [0.29, 0.717) is 18.8 Å². The first-order chi connectivity index (χ1) is 25.2. The second-order valence-electron chi connectivity index (χ2n) is 16.8. The van der Waals surface area contributed by atoms with Gasteiger partial charge in [0.25, 0.3) is 0 Å². The average molecular weight is 767 g/mol. The van der Waals surface area contributed by atoms with E-state index in [1.807, 2.05) is 6.92 Å². The number of ether oxygens (including phenoxy) is 5. The molecule has 0 aromatic heterocycles. The minimum atomic E-state index is -1.63. The lowest BCUT2D eigenvalue weighted by Gasteiger charge is -2.51. The van der Waals surface area contributed by atoms with Crippen LogP contribution in [0.4, 0.5) is 0 Å². The predicted octanol–water partition coefficient (Wildman–Crippen LogP) is 4.79. The molecule has 54 heavy (non-hydrogen) atoms. The third-order valence-electron chi connectivity index (χ3n) is 12.1. The van der Waals surface area contributed by atoms with E-state index in [1.54, 1.807) is 27.7 Å². The van der Waals surface area contributed by atoms with Gasteiger partial charge in [-0.1, -0.05) is 48.5 Å². The highest BCUT2D eigenvalue weighted by atomic mass is 16.7. The number of Topliss-reactive ketones (excluding diaryl/α,β-unsaturated/α-hetero) is 2. The van der Waals surface area contributed by atoms with Gasteiger partial charge in [0.15, 0.2) is 5.79 Å². The topological polar surface area (TPSA) is 192 Å². The number of aliphatic hydroxyl groups excluding tert-OH is 3. The van der Waals surface area contributed by atoms with Crippen molar-refractivity contribution in [1.29, 1.82) is 0 Å². The molecule has 13 atom stereocenters. The standard InChI is InChI=1S/C41H66O13/c1-21(2)36(51-34(47)20-31(45)35-27(8)39(48)52-40(35)49)38(50-10)32(46)19-30(44)26(7)29(43)13-11-24(5)37-25(6)16-18-41(54-37)17-15-23(4)33(53-41)14-12-22(3)28(9)42/h21-26,29,31-33,36-38,43,45-46H,11-20H2,1-10H3/t22-,23+,24+,25-,26-,29-,31+,32+,33?,36+,37?,38-,41+/m0/s1. The first-order valence-electron chi connectivity index (χ1n) is 19.8. The Morgan fingerprint density at radius 1 is 0.852 bits per heavy atom. The van der Waals surface area contributed by atoms with Crippen LogP contribution in [0, 0.1) is 35.5 Å². The molecule has 0 aliphatic carbocycles. The first-order valence-corrected chi connectivity index (χ1v) is 19.8. The van der Waals surface area contributed by atoms with Crippen LogP contribution in [0.2, 0.25) is 0 Å². The van der Waals surface area contributed by atoms with Crippen molar-refractivity contribution in [2.45, 2.75) is 175 Å². The molecule has 13 heteroatoms. The number of hydrogen-bond acceptors (Lipinski definition) is 13. The van der Waals surface area contributed by atoms with Crippen LogP contribution in [-0.4, -0.2) is 100 Å². The number of aliphatic hydroxyl groups is 3. The second kappa shape index (κ2) is 20.0. The summed E-state index contributed by atoms with van der Waals surface area (Å²) >= 11 is 0. The fraction of sp³-hybridized carbons (Fsp3) is 0.829. The monoisotopic (exact) mass is 766 g/mol.